The third kappa shape index (κ3) is 6.18. The van der Waals surface area contributed by atoms with Crippen molar-refractivity contribution >= 4 is 8.46 Å². The fourth-order valence-corrected chi connectivity index (χ4v) is 0.803. The molecule has 0 rings (SSSR count). The molecular weight excluding hydrogens is 147 g/mol. The highest BCUT2D eigenvalue weighted by molar-refractivity contribution is 7.24. The van der Waals surface area contributed by atoms with Crippen molar-refractivity contribution < 1.29 is 9.30 Å². The van der Waals surface area contributed by atoms with Crippen LogP contribution in [0.25, 0.3) is 0 Å². The Kier molecular flexibility index (Phi) is 7.21. The van der Waals surface area contributed by atoms with Crippen LogP contribution in [0.4, 0.5) is 0 Å². The van der Waals surface area contributed by atoms with E-state index in [1.165, 1.54) is 12.8 Å². The van der Waals surface area contributed by atoms with Gasteiger partial charge < -0.3 is 4.74 Å². The summed E-state index contributed by atoms with van der Waals surface area (Å²) in [4.78, 5) is 0. The molecule has 0 aromatic rings. The Hall–Kier alpha value is 0.0600. The van der Waals surface area contributed by atoms with Gasteiger partial charge in [0.2, 0.25) is 0 Å². The number of ether oxygens (including phenoxy) is 1. The third-order valence-corrected chi connectivity index (χ3v) is 1.70. The summed E-state index contributed by atoms with van der Waals surface area (Å²) in [6.45, 7) is 4.69. The molecule has 0 aliphatic heterocycles. The van der Waals surface area contributed by atoms with Gasteiger partial charge in [0.25, 0.3) is 0 Å². The first-order valence-electron chi connectivity index (χ1n) is 3.75. The maximum atomic E-state index is 10.1. The molecule has 1 atom stereocenters. The van der Waals surface area contributed by atoms with Gasteiger partial charge in [-0.2, -0.15) is 0 Å². The molecule has 2 nitrogen and oxygen atoms in total. The highest BCUT2D eigenvalue weighted by atomic mass is 31.1. The Morgan fingerprint density at radius 2 is 2.20 bits per heavy atom. The average molecular weight is 162 g/mol. The van der Waals surface area contributed by atoms with Crippen molar-refractivity contribution in [1.29, 1.82) is 0 Å². The van der Waals surface area contributed by atoms with E-state index < -0.39 is 0 Å². The van der Waals surface area contributed by atoms with Crippen molar-refractivity contribution in [2.24, 2.45) is 0 Å². The highest BCUT2D eigenvalue weighted by Gasteiger charge is 1.97. The summed E-state index contributed by atoms with van der Waals surface area (Å²) in [5.74, 6) is -0.128. The molecule has 0 saturated carbocycles. The van der Waals surface area contributed by atoms with Crippen LogP contribution in [-0.4, -0.2) is 12.5 Å². The van der Waals surface area contributed by atoms with E-state index in [4.69, 9.17) is 4.74 Å². The second kappa shape index (κ2) is 7.17. The fraction of sp³-hybridized carbons (Fsp3) is 1.00. The molecule has 0 radical (unpaired) electrons. The molecular formula is C7H15O2P. The van der Waals surface area contributed by atoms with Crippen molar-refractivity contribution in [2.75, 3.05) is 6.61 Å². The van der Waals surface area contributed by atoms with E-state index in [-0.39, 0.29) is 14.3 Å². The molecule has 3 heteroatoms. The van der Waals surface area contributed by atoms with Crippen LogP contribution < -0.4 is 0 Å². The molecule has 0 bridgehead atoms. The number of rotatable bonds is 6. The van der Waals surface area contributed by atoms with E-state index in [1.807, 2.05) is 0 Å². The van der Waals surface area contributed by atoms with E-state index in [1.54, 1.807) is 6.92 Å². The van der Waals surface area contributed by atoms with E-state index in [9.17, 15) is 4.57 Å². The Labute approximate surface area is 64.2 Å². The zero-order valence-electron chi connectivity index (χ0n) is 6.67. The second-order valence-electron chi connectivity index (χ2n) is 2.28. The van der Waals surface area contributed by atoms with E-state index in [0.717, 1.165) is 13.0 Å². The summed E-state index contributed by atoms with van der Waals surface area (Å²) in [5.41, 5.74) is 0. The van der Waals surface area contributed by atoms with Crippen LogP contribution in [0.1, 0.15) is 33.1 Å². The van der Waals surface area contributed by atoms with Gasteiger partial charge in [-0.3, -0.25) is 4.57 Å². The SMILES string of the molecule is CCCCCOC(C)P=O. The fourth-order valence-electron chi connectivity index (χ4n) is 0.636. The minimum Gasteiger partial charge on any atom is -0.366 e. The van der Waals surface area contributed by atoms with Crippen LogP contribution in [0.5, 0.6) is 0 Å². The van der Waals surface area contributed by atoms with Gasteiger partial charge >= 0.3 is 0 Å². The van der Waals surface area contributed by atoms with Crippen molar-refractivity contribution in [3.05, 3.63) is 0 Å². The Balaban J connectivity index is 2.95. The Morgan fingerprint density at radius 1 is 1.50 bits per heavy atom. The van der Waals surface area contributed by atoms with Gasteiger partial charge in [-0.25, -0.2) is 0 Å². The molecule has 0 spiro atoms. The summed E-state index contributed by atoms with van der Waals surface area (Å²) in [6.07, 6.45) is 3.48. The van der Waals surface area contributed by atoms with Crippen LogP contribution >= 0.6 is 8.46 Å². The molecule has 0 aliphatic rings. The van der Waals surface area contributed by atoms with E-state index in [2.05, 4.69) is 6.92 Å². The van der Waals surface area contributed by atoms with Crippen molar-refractivity contribution in [2.45, 2.75) is 39.0 Å². The van der Waals surface area contributed by atoms with Crippen molar-refractivity contribution in [3.8, 4) is 0 Å². The largest absolute Gasteiger partial charge is 0.366 e. The van der Waals surface area contributed by atoms with Gasteiger partial charge in [-0.15, -0.1) is 0 Å². The molecule has 0 amide bonds. The molecule has 0 saturated heterocycles. The second-order valence-corrected chi connectivity index (χ2v) is 3.22. The molecule has 0 heterocycles. The predicted molar refractivity (Wildman–Crippen MR) is 42.5 cm³/mol. The molecule has 10 heavy (non-hydrogen) atoms. The van der Waals surface area contributed by atoms with Crippen LogP contribution in [0, 0.1) is 0 Å². The van der Waals surface area contributed by atoms with E-state index >= 15 is 0 Å². The minimum atomic E-state index is -0.128. The maximum Gasteiger partial charge on any atom is 0.187 e. The lowest BCUT2D eigenvalue weighted by Gasteiger charge is -2.03. The standard InChI is InChI=1S/C7H15O2P/c1-3-4-5-6-9-7(2)10-8/h7H,3-6H2,1-2H3. The molecule has 0 aromatic heterocycles. The zero-order valence-corrected chi connectivity index (χ0v) is 7.56. The number of unbranched alkanes of at least 4 members (excludes halogenated alkanes) is 2. The maximum absolute atomic E-state index is 10.1. The topological polar surface area (TPSA) is 26.3 Å². The summed E-state index contributed by atoms with van der Waals surface area (Å²) in [6, 6.07) is 0. The van der Waals surface area contributed by atoms with Crippen LogP contribution in [0.15, 0.2) is 0 Å². The Bertz CT molecular complexity index is 85.7. The van der Waals surface area contributed by atoms with Gasteiger partial charge in [-0.1, -0.05) is 19.8 Å². The van der Waals surface area contributed by atoms with Crippen molar-refractivity contribution in [3.63, 3.8) is 0 Å². The summed E-state index contributed by atoms with van der Waals surface area (Å²) in [5, 5.41) is 0. The van der Waals surface area contributed by atoms with Gasteiger partial charge in [0.1, 0.15) is 5.85 Å². The van der Waals surface area contributed by atoms with Gasteiger partial charge in [0.05, 0.1) is 0 Å². The zero-order chi connectivity index (χ0) is 7.82. The number of hydrogen-bond acceptors (Lipinski definition) is 2. The highest BCUT2D eigenvalue weighted by Crippen LogP contribution is 2.07. The summed E-state index contributed by atoms with van der Waals surface area (Å²) >= 11 is 0. The van der Waals surface area contributed by atoms with Gasteiger partial charge in [0, 0.05) is 6.61 Å². The summed E-state index contributed by atoms with van der Waals surface area (Å²) < 4.78 is 15.3. The Morgan fingerprint density at radius 3 is 2.70 bits per heavy atom. The first kappa shape index (κ1) is 10.1. The molecule has 0 N–H and O–H groups in total. The molecule has 0 aromatic carbocycles. The smallest absolute Gasteiger partial charge is 0.187 e. The first-order valence-corrected chi connectivity index (χ1v) is 4.63. The lowest BCUT2D eigenvalue weighted by molar-refractivity contribution is 0.116. The number of hydrogen-bond donors (Lipinski definition) is 0. The van der Waals surface area contributed by atoms with Crippen LogP contribution in [0.3, 0.4) is 0 Å². The van der Waals surface area contributed by atoms with E-state index in [0.29, 0.717) is 0 Å². The predicted octanol–water partition coefficient (Wildman–Crippen LogP) is 2.83. The third-order valence-electron chi connectivity index (χ3n) is 1.26. The average Bonchev–Trinajstić information content (AvgIpc) is 1.98. The monoisotopic (exact) mass is 162 g/mol. The van der Waals surface area contributed by atoms with Crippen LogP contribution in [0.2, 0.25) is 0 Å². The van der Waals surface area contributed by atoms with Gasteiger partial charge in [0.15, 0.2) is 8.46 Å². The molecule has 0 fully saturated rings. The first-order chi connectivity index (χ1) is 4.81. The van der Waals surface area contributed by atoms with Gasteiger partial charge in [-0.05, 0) is 13.3 Å². The molecule has 0 aliphatic carbocycles. The normalized spacial score (nSPS) is 13.8. The quantitative estimate of drug-likeness (QED) is 0.443. The molecule has 60 valence electrons. The minimum absolute atomic E-state index is 0.0909. The molecule has 1 unspecified atom stereocenters. The van der Waals surface area contributed by atoms with Crippen LogP contribution in [-0.2, 0) is 9.30 Å². The summed E-state index contributed by atoms with van der Waals surface area (Å²) in [7, 11) is 0.0909. The lowest BCUT2D eigenvalue weighted by Crippen LogP contribution is -2.00. The van der Waals surface area contributed by atoms with Crippen molar-refractivity contribution in [1.82, 2.24) is 0 Å². The lowest BCUT2D eigenvalue weighted by atomic mass is 10.3.